The lowest BCUT2D eigenvalue weighted by Crippen LogP contribution is -2.22. The molecule has 0 saturated heterocycles. The third-order valence-electron chi connectivity index (χ3n) is 5.04. The number of pyridine rings is 1. The maximum Gasteiger partial charge on any atom is 0.257 e. The summed E-state index contributed by atoms with van der Waals surface area (Å²) in [4.78, 5) is 26.4. The van der Waals surface area contributed by atoms with E-state index in [9.17, 15) is 9.59 Å². The Morgan fingerprint density at radius 3 is 2.45 bits per heavy atom. The van der Waals surface area contributed by atoms with Gasteiger partial charge in [0.05, 0.1) is 11.1 Å². The Balaban J connectivity index is 1.98. The van der Waals surface area contributed by atoms with E-state index in [1.807, 2.05) is 61.0 Å². The third-order valence-corrected chi connectivity index (χ3v) is 5.28. The van der Waals surface area contributed by atoms with Gasteiger partial charge in [-0.05, 0) is 48.4 Å². The predicted molar refractivity (Wildman–Crippen MR) is 119 cm³/mol. The molecule has 5 heteroatoms. The number of nitrogens with zero attached hydrogens (tertiary/aromatic N) is 1. The number of aromatic nitrogens is 1. The molecule has 0 atom stereocenters. The highest BCUT2D eigenvalue weighted by Gasteiger charge is 2.20. The van der Waals surface area contributed by atoms with E-state index in [4.69, 9.17) is 11.6 Å². The number of benzene rings is 3. The van der Waals surface area contributed by atoms with Gasteiger partial charge in [-0.15, -0.1) is 0 Å². The highest BCUT2D eigenvalue weighted by Crippen LogP contribution is 2.30. The third kappa shape index (κ3) is 3.43. The zero-order valence-corrected chi connectivity index (χ0v) is 16.8. The van der Waals surface area contributed by atoms with Crippen molar-refractivity contribution in [1.82, 2.24) is 4.57 Å². The van der Waals surface area contributed by atoms with Crippen molar-refractivity contribution in [2.75, 3.05) is 5.32 Å². The zero-order chi connectivity index (χ0) is 20.5. The number of aryl methyl sites for hydroxylation is 2. The first-order chi connectivity index (χ1) is 14.0. The Hall–Kier alpha value is -3.37. The van der Waals surface area contributed by atoms with Gasteiger partial charge in [-0.3, -0.25) is 9.59 Å². The van der Waals surface area contributed by atoms with Gasteiger partial charge in [-0.25, -0.2) is 0 Å². The number of hydrogen-bond acceptors (Lipinski definition) is 2. The van der Waals surface area contributed by atoms with Gasteiger partial charge in [0.25, 0.3) is 5.91 Å². The number of anilines is 1. The Kier molecular flexibility index (Phi) is 4.95. The summed E-state index contributed by atoms with van der Waals surface area (Å²) in [6.45, 7) is 1.88. The molecule has 0 aliphatic heterocycles. The van der Waals surface area contributed by atoms with E-state index >= 15 is 0 Å². The molecule has 0 bridgehead atoms. The number of nitrogens with one attached hydrogen (secondary N) is 1. The van der Waals surface area contributed by atoms with Crippen molar-refractivity contribution in [1.29, 1.82) is 0 Å². The first-order valence-electron chi connectivity index (χ1n) is 9.22. The van der Waals surface area contributed by atoms with E-state index < -0.39 is 0 Å². The lowest BCUT2D eigenvalue weighted by atomic mass is 10.0. The van der Waals surface area contributed by atoms with E-state index in [0.29, 0.717) is 32.9 Å². The van der Waals surface area contributed by atoms with Crippen molar-refractivity contribution in [3.63, 3.8) is 0 Å². The first-order valence-corrected chi connectivity index (χ1v) is 9.60. The minimum Gasteiger partial charge on any atom is -0.330 e. The lowest BCUT2D eigenvalue weighted by Gasteiger charge is -2.19. The van der Waals surface area contributed by atoms with Crippen LogP contribution in [-0.2, 0) is 7.05 Å². The van der Waals surface area contributed by atoms with E-state index in [1.54, 1.807) is 30.3 Å². The van der Waals surface area contributed by atoms with Crippen LogP contribution in [0.5, 0.6) is 0 Å². The van der Waals surface area contributed by atoms with Gasteiger partial charge >= 0.3 is 0 Å². The largest absolute Gasteiger partial charge is 0.330 e. The maximum atomic E-state index is 13.4. The molecule has 144 valence electrons. The molecule has 0 saturated carbocycles. The van der Waals surface area contributed by atoms with E-state index in [2.05, 4.69) is 5.32 Å². The molecule has 0 aliphatic carbocycles. The highest BCUT2D eigenvalue weighted by atomic mass is 35.5. The Morgan fingerprint density at radius 1 is 0.966 bits per heavy atom. The van der Waals surface area contributed by atoms with Gasteiger partial charge < -0.3 is 9.88 Å². The van der Waals surface area contributed by atoms with Gasteiger partial charge in [-0.2, -0.15) is 0 Å². The second-order valence-electron chi connectivity index (χ2n) is 6.91. The van der Waals surface area contributed by atoms with Crippen LogP contribution in [0.1, 0.15) is 15.9 Å². The monoisotopic (exact) mass is 402 g/mol. The summed E-state index contributed by atoms with van der Waals surface area (Å²) in [7, 11) is 1.84. The fourth-order valence-electron chi connectivity index (χ4n) is 3.55. The Bertz CT molecular complexity index is 1310. The van der Waals surface area contributed by atoms with Crippen LogP contribution < -0.4 is 10.7 Å². The molecule has 0 unspecified atom stereocenters. The second-order valence-corrected chi connectivity index (χ2v) is 7.34. The van der Waals surface area contributed by atoms with Crippen LogP contribution in [-0.4, -0.2) is 10.5 Å². The fourth-order valence-corrected chi connectivity index (χ4v) is 3.74. The van der Waals surface area contributed by atoms with E-state index in [-0.39, 0.29) is 11.3 Å². The average molecular weight is 403 g/mol. The van der Waals surface area contributed by atoms with Crippen LogP contribution in [0, 0.1) is 6.92 Å². The number of para-hydroxylation sites is 1. The van der Waals surface area contributed by atoms with Gasteiger partial charge in [0.2, 0.25) is 0 Å². The number of carbonyl (C=O) groups is 1. The zero-order valence-electron chi connectivity index (χ0n) is 16.1. The van der Waals surface area contributed by atoms with Crippen LogP contribution in [0.25, 0.3) is 22.0 Å². The fraction of sp³-hybridized carbons (Fsp3) is 0.0833. The van der Waals surface area contributed by atoms with Crippen molar-refractivity contribution in [3.8, 4) is 11.1 Å². The molecule has 1 heterocycles. The number of hydrogen-bond donors (Lipinski definition) is 1. The van der Waals surface area contributed by atoms with Crippen LogP contribution in [0.15, 0.2) is 77.6 Å². The summed E-state index contributed by atoms with van der Waals surface area (Å²) in [5.41, 5.74) is 3.08. The molecule has 1 amide bonds. The molecule has 1 aromatic heterocycles. The minimum absolute atomic E-state index is 0.152. The molecular weight excluding hydrogens is 384 g/mol. The molecule has 0 aliphatic rings. The summed E-state index contributed by atoms with van der Waals surface area (Å²) in [6.07, 6.45) is 0. The van der Waals surface area contributed by atoms with Gasteiger partial charge in [0.1, 0.15) is 5.82 Å². The number of carbonyl (C=O) groups excluding carboxylic acids is 1. The summed E-state index contributed by atoms with van der Waals surface area (Å²) >= 11 is 6.18. The Morgan fingerprint density at radius 2 is 1.69 bits per heavy atom. The summed E-state index contributed by atoms with van der Waals surface area (Å²) in [5.74, 6) is 0.167. The van der Waals surface area contributed by atoms with Crippen LogP contribution in [0.4, 0.5) is 5.82 Å². The number of fused-ring (bicyclic) bond motifs is 1. The smallest absolute Gasteiger partial charge is 0.257 e. The molecule has 0 fully saturated rings. The summed E-state index contributed by atoms with van der Waals surface area (Å²) < 4.78 is 1.84. The van der Waals surface area contributed by atoms with Gasteiger partial charge in [0.15, 0.2) is 5.43 Å². The molecule has 0 spiro atoms. The van der Waals surface area contributed by atoms with Crippen molar-refractivity contribution in [3.05, 3.63) is 99.2 Å². The molecule has 1 N–H and O–H groups in total. The molecule has 29 heavy (non-hydrogen) atoms. The van der Waals surface area contributed by atoms with Crippen molar-refractivity contribution < 1.29 is 4.79 Å². The van der Waals surface area contributed by atoms with Crippen LogP contribution in [0.3, 0.4) is 0 Å². The second kappa shape index (κ2) is 7.57. The van der Waals surface area contributed by atoms with Crippen LogP contribution >= 0.6 is 11.6 Å². The lowest BCUT2D eigenvalue weighted by molar-refractivity contribution is 0.102. The van der Waals surface area contributed by atoms with E-state index in [0.717, 1.165) is 11.1 Å². The molecule has 4 rings (SSSR count). The molecule has 0 radical (unpaired) electrons. The molecule has 4 nitrogen and oxygen atoms in total. The van der Waals surface area contributed by atoms with Gasteiger partial charge in [-0.1, -0.05) is 54.1 Å². The quantitative estimate of drug-likeness (QED) is 0.497. The highest BCUT2D eigenvalue weighted by molar-refractivity contribution is 6.30. The normalized spacial score (nSPS) is 10.9. The SMILES string of the molecule is Cc1ccccc1C(=O)Nc1c(-c2cccc(Cl)c2)c(=O)c2ccccc2n1C. The topological polar surface area (TPSA) is 51.1 Å². The molecule has 4 aromatic rings. The van der Waals surface area contributed by atoms with E-state index in [1.165, 1.54) is 0 Å². The predicted octanol–water partition coefficient (Wildman–Crippen LogP) is 5.42. The maximum absolute atomic E-state index is 13.4. The summed E-state index contributed by atoms with van der Waals surface area (Å²) in [5, 5.41) is 4.07. The first kappa shape index (κ1) is 19.0. The summed E-state index contributed by atoms with van der Waals surface area (Å²) in [6, 6.07) is 21.8. The van der Waals surface area contributed by atoms with Crippen LogP contribution in [0.2, 0.25) is 5.02 Å². The standard InChI is InChI=1S/C24H19ClN2O2/c1-15-8-3-4-11-18(15)24(29)26-23-21(16-9-7-10-17(25)14-16)22(28)19-12-5-6-13-20(19)27(23)2/h3-14H,1-2H3,(H,26,29). The van der Waals surface area contributed by atoms with Gasteiger partial charge in [0, 0.05) is 23.0 Å². The Labute approximate surface area is 173 Å². The van der Waals surface area contributed by atoms with Crippen molar-refractivity contribution in [2.24, 2.45) is 7.05 Å². The molecular formula is C24H19ClN2O2. The molecule has 3 aromatic carbocycles. The van der Waals surface area contributed by atoms with Crippen molar-refractivity contribution >= 4 is 34.2 Å². The minimum atomic E-state index is -0.267. The average Bonchev–Trinajstić information content (AvgIpc) is 2.72. The number of amides is 1. The number of halogens is 1. The van der Waals surface area contributed by atoms with Crippen molar-refractivity contribution in [2.45, 2.75) is 6.92 Å². The number of rotatable bonds is 3.